The lowest BCUT2D eigenvalue weighted by molar-refractivity contribution is 0.764. The quantitative estimate of drug-likeness (QED) is 0.919. The third-order valence-corrected chi connectivity index (χ3v) is 4.59. The fraction of sp³-hybridized carbons (Fsp3) is 0.462. The molecule has 0 amide bonds. The molecule has 4 nitrogen and oxygen atoms in total. The van der Waals surface area contributed by atoms with Crippen molar-refractivity contribution >= 4 is 28.7 Å². The molecule has 0 aliphatic heterocycles. The summed E-state index contributed by atoms with van der Waals surface area (Å²) in [5.74, 6) is 0.911. The maximum absolute atomic E-state index is 4.51. The molecule has 3 rings (SSSR count). The Bertz CT molecular complexity index is 545. The molecule has 0 aromatic carbocycles. The largest absolute Gasteiger partial charge is 0.366 e. The van der Waals surface area contributed by atoms with Gasteiger partial charge in [0.2, 0.25) is 0 Å². The predicted molar refractivity (Wildman–Crippen MR) is 75.9 cm³/mol. The molecule has 1 fully saturated rings. The minimum Gasteiger partial charge on any atom is -0.366 e. The Morgan fingerprint density at radius 1 is 1.22 bits per heavy atom. The molecule has 0 spiro atoms. The molecule has 2 aromatic rings. The van der Waals surface area contributed by atoms with Crippen LogP contribution in [0.2, 0.25) is 0 Å². The second kappa shape index (κ2) is 5.10. The topological polar surface area (TPSA) is 50.7 Å². The zero-order valence-electron chi connectivity index (χ0n) is 10.3. The predicted octanol–water partition coefficient (Wildman–Crippen LogP) is 2.72. The van der Waals surface area contributed by atoms with Crippen LogP contribution in [0.15, 0.2) is 24.5 Å². The van der Waals surface area contributed by atoms with Crippen LogP contribution in [0.5, 0.6) is 0 Å². The Morgan fingerprint density at radius 2 is 2.11 bits per heavy atom. The summed E-state index contributed by atoms with van der Waals surface area (Å²) in [5.41, 5.74) is 1.55. The smallest absolute Gasteiger partial charge is 0.180 e. The molecule has 1 saturated carbocycles. The van der Waals surface area contributed by atoms with E-state index in [4.69, 9.17) is 0 Å². The highest BCUT2D eigenvalue weighted by atomic mass is 32.2. The number of thioether (sulfide) groups is 1. The van der Waals surface area contributed by atoms with Crippen LogP contribution in [-0.2, 0) is 0 Å². The summed E-state index contributed by atoms with van der Waals surface area (Å²) in [6.45, 7) is 0. The van der Waals surface area contributed by atoms with E-state index in [0.717, 1.165) is 11.3 Å². The molecule has 94 valence electrons. The first-order chi connectivity index (χ1) is 8.86. The van der Waals surface area contributed by atoms with E-state index in [0.29, 0.717) is 16.9 Å². The molecule has 0 saturated heterocycles. The van der Waals surface area contributed by atoms with Crippen LogP contribution in [0.3, 0.4) is 0 Å². The molecule has 2 atom stereocenters. The summed E-state index contributed by atoms with van der Waals surface area (Å²) >= 11 is 1.95. The van der Waals surface area contributed by atoms with E-state index in [9.17, 15) is 0 Å². The lowest BCUT2D eigenvalue weighted by Crippen LogP contribution is -2.26. The van der Waals surface area contributed by atoms with Gasteiger partial charge in [-0.1, -0.05) is 6.42 Å². The second-order valence-electron chi connectivity index (χ2n) is 4.55. The number of fused-ring (bicyclic) bond motifs is 1. The zero-order valence-corrected chi connectivity index (χ0v) is 11.2. The normalized spacial score (nSPS) is 23.4. The molecule has 2 unspecified atom stereocenters. The lowest BCUT2D eigenvalue weighted by atomic mass is 10.2. The lowest BCUT2D eigenvalue weighted by Gasteiger charge is -2.19. The molecule has 1 N–H and O–H groups in total. The van der Waals surface area contributed by atoms with Gasteiger partial charge in [-0.3, -0.25) is 4.98 Å². The van der Waals surface area contributed by atoms with E-state index in [1.165, 1.54) is 19.3 Å². The van der Waals surface area contributed by atoms with Crippen molar-refractivity contribution in [1.82, 2.24) is 15.0 Å². The molecule has 1 aliphatic rings. The standard InChI is InChI=1S/C13H16N4S/c1-18-11-4-2-3-9(11)16-12-6-5-10-13(17-12)15-8-7-14-10/h5-9,11H,2-4H2,1H3,(H,15,16,17). The minimum absolute atomic E-state index is 0.529. The van der Waals surface area contributed by atoms with Gasteiger partial charge in [0, 0.05) is 23.7 Å². The van der Waals surface area contributed by atoms with E-state index in [1.54, 1.807) is 12.4 Å². The van der Waals surface area contributed by atoms with Crippen LogP contribution in [0.1, 0.15) is 19.3 Å². The number of anilines is 1. The van der Waals surface area contributed by atoms with Crippen molar-refractivity contribution < 1.29 is 0 Å². The maximum Gasteiger partial charge on any atom is 0.180 e. The first-order valence-corrected chi connectivity index (χ1v) is 7.53. The van der Waals surface area contributed by atoms with Crippen molar-refractivity contribution in [3.63, 3.8) is 0 Å². The Balaban J connectivity index is 1.82. The van der Waals surface area contributed by atoms with Crippen LogP contribution in [0, 0.1) is 0 Å². The Kier molecular flexibility index (Phi) is 3.32. The van der Waals surface area contributed by atoms with Gasteiger partial charge in [0.05, 0.1) is 0 Å². The number of pyridine rings is 1. The van der Waals surface area contributed by atoms with E-state index < -0.39 is 0 Å². The van der Waals surface area contributed by atoms with Crippen molar-refractivity contribution in [2.45, 2.75) is 30.6 Å². The van der Waals surface area contributed by atoms with Crippen molar-refractivity contribution in [3.8, 4) is 0 Å². The molecular formula is C13H16N4S. The van der Waals surface area contributed by atoms with E-state index in [1.807, 2.05) is 23.9 Å². The van der Waals surface area contributed by atoms with Crippen molar-refractivity contribution in [1.29, 1.82) is 0 Å². The van der Waals surface area contributed by atoms with Crippen LogP contribution >= 0.6 is 11.8 Å². The summed E-state index contributed by atoms with van der Waals surface area (Å²) < 4.78 is 0. The van der Waals surface area contributed by atoms with E-state index >= 15 is 0 Å². The maximum atomic E-state index is 4.51. The molecule has 2 heterocycles. The van der Waals surface area contributed by atoms with Gasteiger partial charge in [-0.25, -0.2) is 9.97 Å². The van der Waals surface area contributed by atoms with Crippen molar-refractivity contribution in [3.05, 3.63) is 24.5 Å². The average Bonchev–Trinajstić information content (AvgIpc) is 2.86. The second-order valence-corrected chi connectivity index (χ2v) is 5.63. The fourth-order valence-electron chi connectivity index (χ4n) is 2.50. The third kappa shape index (κ3) is 2.27. The first kappa shape index (κ1) is 11.7. The average molecular weight is 260 g/mol. The zero-order chi connectivity index (χ0) is 12.4. The molecule has 1 aliphatic carbocycles. The summed E-state index contributed by atoms with van der Waals surface area (Å²) in [6.07, 6.45) is 9.38. The van der Waals surface area contributed by atoms with Crippen LogP contribution < -0.4 is 5.32 Å². The van der Waals surface area contributed by atoms with E-state index in [2.05, 4.69) is 26.5 Å². The molecule has 0 radical (unpaired) electrons. The summed E-state index contributed by atoms with van der Waals surface area (Å²) in [5, 5.41) is 4.23. The Labute approximate surface area is 111 Å². The highest BCUT2D eigenvalue weighted by molar-refractivity contribution is 7.99. The van der Waals surface area contributed by atoms with Gasteiger partial charge in [0.25, 0.3) is 0 Å². The molecule has 5 heteroatoms. The van der Waals surface area contributed by atoms with Gasteiger partial charge in [0.1, 0.15) is 11.3 Å². The number of nitrogens with zero attached hydrogens (tertiary/aromatic N) is 3. The summed E-state index contributed by atoms with van der Waals surface area (Å²) in [7, 11) is 0. The molecule has 0 bridgehead atoms. The third-order valence-electron chi connectivity index (χ3n) is 3.42. The fourth-order valence-corrected chi connectivity index (χ4v) is 3.43. The van der Waals surface area contributed by atoms with Crippen LogP contribution in [0.25, 0.3) is 11.2 Å². The minimum atomic E-state index is 0.529. The van der Waals surface area contributed by atoms with Crippen LogP contribution in [-0.4, -0.2) is 32.5 Å². The van der Waals surface area contributed by atoms with Gasteiger partial charge in [-0.05, 0) is 31.2 Å². The Morgan fingerprint density at radius 3 is 3.00 bits per heavy atom. The first-order valence-electron chi connectivity index (χ1n) is 6.24. The van der Waals surface area contributed by atoms with Gasteiger partial charge in [-0.15, -0.1) is 0 Å². The molecule has 18 heavy (non-hydrogen) atoms. The monoisotopic (exact) mass is 260 g/mol. The Hall–Kier alpha value is -1.36. The van der Waals surface area contributed by atoms with E-state index in [-0.39, 0.29) is 0 Å². The van der Waals surface area contributed by atoms with Crippen molar-refractivity contribution in [2.75, 3.05) is 11.6 Å². The number of aromatic nitrogens is 3. The summed E-state index contributed by atoms with van der Waals surface area (Å²) in [6, 6.07) is 4.49. The highest BCUT2D eigenvalue weighted by Gasteiger charge is 2.26. The van der Waals surface area contributed by atoms with Gasteiger partial charge in [0.15, 0.2) is 5.65 Å². The number of hydrogen-bond donors (Lipinski definition) is 1. The SMILES string of the molecule is CSC1CCCC1Nc1ccc2nccnc2n1. The van der Waals surface area contributed by atoms with Crippen molar-refractivity contribution in [2.24, 2.45) is 0 Å². The van der Waals surface area contributed by atoms with Gasteiger partial charge in [-0.2, -0.15) is 11.8 Å². The highest BCUT2D eigenvalue weighted by Crippen LogP contribution is 2.30. The molecular weight excluding hydrogens is 244 g/mol. The van der Waals surface area contributed by atoms with Crippen LogP contribution in [0.4, 0.5) is 5.82 Å². The summed E-state index contributed by atoms with van der Waals surface area (Å²) in [4.78, 5) is 13.0. The molecule has 2 aromatic heterocycles. The van der Waals surface area contributed by atoms with Gasteiger partial charge >= 0.3 is 0 Å². The van der Waals surface area contributed by atoms with Gasteiger partial charge < -0.3 is 5.32 Å². The number of nitrogens with one attached hydrogen (secondary N) is 1. The number of rotatable bonds is 3. The number of hydrogen-bond acceptors (Lipinski definition) is 5.